The van der Waals surface area contributed by atoms with Crippen LogP contribution in [-0.2, 0) is 9.53 Å². The van der Waals surface area contributed by atoms with E-state index >= 15 is 0 Å². The number of methoxy groups -OCH3 is 1. The molecule has 6 nitrogen and oxygen atoms in total. The van der Waals surface area contributed by atoms with Crippen LogP contribution in [0.3, 0.4) is 0 Å². The first-order valence-corrected chi connectivity index (χ1v) is 4.79. The maximum Gasteiger partial charge on any atom is 0.346 e. The summed E-state index contributed by atoms with van der Waals surface area (Å²) in [6.45, 7) is 1.47. The molecule has 6 heteroatoms. The van der Waals surface area contributed by atoms with E-state index in [9.17, 15) is 14.5 Å². The summed E-state index contributed by atoms with van der Waals surface area (Å²) in [6.07, 6.45) is -0.285. The fourth-order valence-corrected chi connectivity index (χ4v) is 1.18. The predicted octanol–water partition coefficient (Wildman–Crippen LogP) is 1.84. The summed E-state index contributed by atoms with van der Waals surface area (Å²) in [5.74, 6) is -0.513. The second-order valence-corrected chi connectivity index (χ2v) is 3.22. The minimum Gasteiger partial charge on any atom is -0.477 e. The Morgan fingerprint density at radius 2 is 2.18 bits per heavy atom. The molecule has 0 N–H and O–H groups in total. The second-order valence-electron chi connectivity index (χ2n) is 3.22. The summed E-state index contributed by atoms with van der Waals surface area (Å²) in [6, 6.07) is 4.11. The van der Waals surface area contributed by atoms with Crippen molar-refractivity contribution < 1.29 is 19.1 Å². The average Bonchev–Trinajstić information content (AvgIpc) is 2.37. The number of hydrogen-bond acceptors (Lipinski definition) is 6. The highest BCUT2D eigenvalue weighted by atomic mass is 16.6. The van der Waals surface area contributed by atoms with Crippen LogP contribution in [0, 0.1) is 4.91 Å². The molecule has 0 aromatic heterocycles. The molecule has 0 radical (unpaired) electrons. The lowest BCUT2D eigenvalue weighted by Gasteiger charge is -2.13. The fourth-order valence-electron chi connectivity index (χ4n) is 1.18. The maximum atomic E-state index is 11.1. The molecule has 0 fully saturated rings. The van der Waals surface area contributed by atoms with Gasteiger partial charge in [-0.15, -0.1) is 4.91 Å². The normalized spacial score (nSPS) is 11.4. The number of aldehydes is 1. The molecule has 90 valence electrons. The third-order valence-corrected chi connectivity index (χ3v) is 2.06. The Kier molecular flexibility index (Phi) is 4.33. The molecule has 0 aliphatic carbocycles. The molecule has 17 heavy (non-hydrogen) atoms. The lowest BCUT2D eigenvalue weighted by Crippen LogP contribution is -2.24. The van der Waals surface area contributed by atoms with Crippen LogP contribution in [0.5, 0.6) is 5.75 Å². The number of carbonyl (C=O) groups is 2. The zero-order valence-corrected chi connectivity index (χ0v) is 9.38. The monoisotopic (exact) mass is 237 g/mol. The summed E-state index contributed by atoms with van der Waals surface area (Å²) < 4.78 is 9.68. The largest absolute Gasteiger partial charge is 0.477 e. The standard InChI is InChI=1S/C11H11NO5/c1-7(11(14)16-2)17-10-5-8(6-13)3-4-9(10)12-15/h3-7H,1-2H3. The van der Waals surface area contributed by atoms with Crippen molar-refractivity contribution in [1.82, 2.24) is 0 Å². The van der Waals surface area contributed by atoms with Crippen LogP contribution in [0.2, 0.25) is 0 Å². The summed E-state index contributed by atoms with van der Waals surface area (Å²) in [5.41, 5.74) is 0.343. The number of hydrogen-bond donors (Lipinski definition) is 0. The van der Waals surface area contributed by atoms with Gasteiger partial charge >= 0.3 is 5.97 Å². The highest BCUT2D eigenvalue weighted by Crippen LogP contribution is 2.29. The molecule has 0 amide bonds. The molecule has 1 rings (SSSR count). The van der Waals surface area contributed by atoms with Gasteiger partial charge in [-0.2, -0.15) is 0 Å². The highest BCUT2D eigenvalue weighted by Gasteiger charge is 2.17. The quantitative estimate of drug-likeness (QED) is 0.443. The molecular weight excluding hydrogens is 226 g/mol. The third-order valence-electron chi connectivity index (χ3n) is 2.06. The number of ether oxygens (including phenoxy) is 2. The molecular formula is C11H11NO5. The molecule has 0 spiro atoms. The van der Waals surface area contributed by atoms with Crippen LogP contribution in [0.25, 0.3) is 0 Å². The van der Waals surface area contributed by atoms with Gasteiger partial charge in [0.1, 0.15) is 12.0 Å². The summed E-state index contributed by atoms with van der Waals surface area (Å²) in [7, 11) is 1.23. The van der Waals surface area contributed by atoms with Gasteiger partial charge in [-0.05, 0) is 30.3 Å². The summed E-state index contributed by atoms with van der Waals surface area (Å²) >= 11 is 0. The van der Waals surface area contributed by atoms with E-state index in [0.717, 1.165) is 0 Å². The van der Waals surface area contributed by atoms with Crippen molar-refractivity contribution in [1.29, 1.82) is 0 Å². The Bertz CT molecular complexity index is 443. The van der Waals surface area contributed by atoms with Crippen molar-refractivity contribution in [2.24, 2.45) is 5.18 Å². The molecule has 0 aliphatic rings. The van der Waals surface area contributed by atoms with E-state index in [0.29, 0.717) is 11.8 Å². The van der Waals surface area contributed by atoms with Gasteiger partial charge < -0.3 is 9.47 Å². The van der Waals surface area contributed by atoms with Gasteiger partial charge in [0.15, 0.2) is 11.9 Å². The zero-order valence-electron chi connectivity index (χ0n) is 9.38. The third kappa shape index (κ3) is 3.10. The summed E-state index contributed by atoms with van der Waals surface area (Å²) in [4.78, 5) is 32.2. The van der Waals surface area contributed by atoms with Crippen LogP contribution >= 0.6 is 0 Å². The lowest BCUT2D eigenvalue weighted by molar-refractivity contribution is -0.147. The molecule has 1 aromatic carbocycles. The van der Waals surface area contributed by atoms with Gasteiger partial charge in [0.2, 0.25) is 0 Å². The Hall–Kier alpha value is -2.24. The Labute approximate surface area is 97.5 Å². The van der Waals surface area contributed by atoms with Crippen LogP contribution in [0.1, 0.15) is 17.3 Å². The van der Waals surface area contributed by atoms with Crippen molar-refractivity contribution >= 4 is 17.9 Å². The highest BCUT2D eigenvalue weighted by molar-refractivity contribution is 5.78. The SMILES string of the molecule is COC(=O)C(C)Oc1cc(C=O)ccc1N=O. The zero-order chi connectivity index (χ0) is 12.8. The molecule has 0 saturated heterocycles. The van der Waals surface area contributed by atoms with Gasteiger partial charge in [-0.3, -0.25) is 4.79 Å². The maximum absolute atomic E-state index is 11.1. The first kappa shape index (κ1) is 12.8. The Morgan fingerprint density at radius 1 is 1.47 bits per heavy atom. The average molecular weight is 237 g/mol. The Morgan fingerprint density at radius 3 is 2.71 bits per heavy atom. The van der Waals surface area contributed by atoms with E-state index < -0.39 is 12.1 Å². The number of rotatable bonds is 5. The predicted molar refractivity (Wildman–Crippen MR) is 59.4 cm³/mol. The van der Waals surface area contributed by atoms with E-state index in [2.05, 4.69) is 9.91 Å². The number of nitrogens with zero attached hydrogens (tertiary/aromatic N) is 1. The van der Waals surface area contributed by atoms with E-state index in [1.54, 1.807) is 0 Å². The smallest absolute Gasteiger partial charge is 0.346 e. The first-order valence-electron chi connectivity index (χ1n) is 4.79. The van der Waals surface area contributed by atoms with Gasteiger partial charge in [0.25, 0.3) is 0 Å². The van der Waals surface area contributed by atoms with Gasteiger partial charge in [-0.1, -0.05) is 0 Å². The van der Waals surface area contributed by atoms with Gasteiger partial charge in [-0.25, -0.2) is 4.79 Å². The molecule has 1 unspecified atom stereocenters. The molecule has 1 aromatic rings. The molecule has 1 atom stereocenters. The second kappa shape index (κ2) is 5.74. The molecule has 0 heterocycles. The first-order chi connectivity index (χ1) is 8.12. The number of nitroso groups, excluding NO2 is 1. The van der Waals surface area contributed by atoms with Gasteiger partial charge in [0, 0.05) is 5.56 Å². The van der Waals surface area contributed by atoms with Crippen LogP contribution < -0.4 is 4.74 Å². The molecule has 0 saturated carbocycles. The van der Waals surface area contributed by atoms with E-state index in [1.807, 2.05) is 0 Å². The molecule has 0 bridgehead atoms. The topological polar surface area (TPSA) is 82.0 Å². The van der Waals surface area contributed by atoms with Crippen molar-refractivity contribution in [2.45, 2.75) is 13.0 Å². The van der Waals surface area contributed by atoms with Crippen LogP contribution in [0.15, 0.2) is 23.4 Å². The minimum absolute atomic E-state index is 0.0198. The van der Waals surface area contributed by atoms with Gasteiger partial charge in [0.05, 0.1) is 7.11 Å². The fraction of sp³-hybridized carbons (Fsp3) is 0.273. The number of carbonyl (C=O) groups excluding carboxylic acids is 2. The van der Waals surface area contributed by atoms with E-state index in [4.69, 9.17) is 4.74 Å². The minimum atomic E-state index is -0.887. The summed E-state index contributed by atoms with van der Waals surface area (Å²) in [5, 5.41) is 2.74. The Balaban J connectivity index is 2.98. The van der Waals surface area contributed by atoms with Crippen LogP contribution in [-0.4, -0.2) is 25.5 Å². The van der Waals surface area contributed by atoms with Crippen molar-refractivity contribution in [3.05, 3.63) is 28.7 Å². The van der Waals surface area contributed by atoms with Crippen molar-refractivity contribution in [3.63, 3.8) is 0 Å². The van der Waals surface area contributed by atoms with E-state index in [-0.39, 0.29) is 11.4 Å². The van der Waals surface area contributed by atoms with Crippen LogP contribution in [0.4, 0.5) is 5.69 Å². The lowest BCUT2D eigenvalue weighted by atomic mass is 10.2. The van der Waals surface area contributed by atoms with Crippen molar-refractivity contribution in [2.75, 3.05) is 7.11 Å². The van der Waals surface area contributed by atoms with E-state index in [1.165, 1.54) is 32.2 Å². The number of esters is 1. The molecule has 0 aliphatic heterocycles. The number of benzene rings is 1. The van der Waals surface area contributed by atoms with Crippen molar-refractivity contribution in [3.8, 4) is 5.75 Å².